The van der Waals surface area contributed by atoms with E-state index in [1.807, 2.05) is 47.0 Å². The van der Waals surface area contributed by atoms with Crippen LogP contribution in [0, 0.1) is 19.8 Å². The zero-order chi connectivity index (χ0) is 25.1. The highest BCUT2D eigenvalue weighted by molar-refractivity contribution is 5.85. The number of rotatable bonds is 3. The number of fused-ring (bicyclic) bond motifs is 4. The second-order valence-electron chi connectivity index (χ2n) is 10.1. The van der Waals surface area contributed by atoms with E-state index in [4.69, 9.17) is 4.98 Å². The van der Waals surface area contributed by atoms with Gasteiger partial charge >= 0.3 is 5.69 Å². The monoisotopic (exact) mass is 479 g/mol. The van der Waals surface area contributed by atoms with Crippen LogP contribution in [0.2, 0.25) is 0 Å². The highest BCUT2D eigenvalue weighted by atomic mass is 16.2. The number of hydrogen-bond acceptors (Lipinski definition) is 4. The van der Waals surface area contributed by atoms with Crippen LogP contribution in [-0.4, -0.2) is 25.2 Å². The molecule has 3 heterocycles. The smallest absolute Gasteiger partial charge is 0.312 e. The summed E-state index contributed by atoms with van der Waals surface area (Å²) in [5.41, 5.74) is 4.67. The number of aromatic nitrogens is 4. The molecule has 0 saturated carbocycles. The summed E-state index contributed by atoms with van der Waals surface area (Å²) >= 11 is 0. The Kier molecular flexibility index (Phi) is 5.10. The normalized spacial score (nSPS) is 15.6. The number of anilines is 2. The van der Waals surface area contributed by atoms with Crippen molar-refractivity contribution in [2.75, 3.05) is 11.4 Å². The highest BCUT2D eigenvalue weighted by Gasteiger charge is 2.30. The van der Waals surface area contributed by atoms with Crippen LogP contribution in [0.1, 0.15) is 23.6 Å². The van der Waals surface area contributed by atoms with Gasteiger partial charge in [0, 0.05) is 25.8 Å². The quantitative estimate of drug-likeness (QED) is 0.382. The van der Waals surface area contributed by atoms with Crippen LogP contribution >= 0.6 is 0 Å². The third-order valence-electron chi connectivity index (χ3n) is 7.45. The first kappa shape index (κ1) is 22.3. The number of imidazole rings is 1. The van der Waals surface area contributed by atoms with E-state index in [-0.39, 0.29) is 17.8 Å². The van der Waals surface area contributed by atoms with E-state index in [1.54, 1.807) is 7.05 Å². The Morgan fingerprint density at radius 1 is 0.944 bits per heavy atom. The van der Waals surface area contributed by atoms with Gasteiger partial charge in [0.25, 0.3) is 5.56 Å². The summed E-state index contributed by atoms with van der Waals surface area (Å²) in [6, 6.07) is 20.4. The summed E-state index contributed by atoms with van der Waals surface area (Å²) in [5.74, 6) is 1.01. The van der Waals surface area contributed by atoms with Gasteiger partial charge < -0.3 is 9.47 Å². The lowest BCUT2D eigenvalue weighted by atomic mass is 10.0. The Bertz CT molecular complexity index is 1770. The van der Waals surface area contributed by atoms with Crippen LogP contribution in [0.15, 0.2) is 70.3 Å². The van der Waals surface area contributed by atoms with Gasteiger partial charge in [-0.1, -0.05) is 55.5 Å². The Labute approximate surface area is 208 Å². The van der Waals surface area contributed by atoms with E-state index in [9.17, 15) is 9.59 Å². The lowest BCUT2D eigenvalue weighted by molar-refractivity contribution is 0.458. The third kappa shape index (κ3) is 3.38. The minimum absolute atomic E-state index is 0.208. The Hall–Kier alpha value is -4.13. The molecule has 1 aliphatic heterocycles. The van der Waals surface area contributed by atoms with Gasteiger partial charge in [-0.25, -0.2) is 4.79 Å². The van der Waals surface area contributed by atoms with Gasteiger partial charge in [0.15, 0.2) is 11.2 Å². The standard InChI is InChI=1S/C29H29N5O2/c1-18-15-32(23-13-12-19(2)20(3)14-23)28-30-26-25(33(28)16-18)27(35)34(29(36)31(26)4)17-22-10-7-9-21-8-5-6-11-24(21)22/h5-14,18H,15-17H2,1-4H3/t18-/m0/s1. The average molecular weight is 480 g/mol. The molecule has 0 N–H and O–H groups in total. The lowest BCUT2D eigenvalue weighted by Crippen LogP contribution is -2.40. The van der Waals surface area contributed by atoms with Crippen LogP contribution in [0.3, 0.4) is 0 Å². The molecule has 0 bridgehead atoms. The van der Waals surface area contributed by atoms with Crippen molar-refractivity contribution in [3.8, 4) is 0 Å². The molecule has 0 unspecified atom stereocenters. The molecule has 7 heteroatoms. The molecule has 0 fully saturated rings. The number of benzene rings is 3. The van der Waals surface area contributed by atoms with Crippen molar-refractivity contribution < 1.29 is 0 Å². The summed E-state index contributed by atoms with van der Waals surface area (Å²) in [5, 5.41) is 2.12. The van der Waals surface area contributed by atoms with Gasteiger partial charge in [0.2, 0.25) is 5.95 Å². The molecule has 1 atom stereocenters. The molecule has 1 aliphatic rings. The molecular formula is C29H29N5O2. The molecule has 36 heavy (non-hydrogen) atoms. The van der Waals surface area contributed by atoms with Gasteiger partial charge in [-0.3, -0.25) is 13.9 Å². The van der Waals surface area contributed by atoms with Gasteiger partial charge in [-0.05, 0) is 59.4 Å². The zero-order valence-corrected chi connectivity index (χ0v) is 21.0. The fraction of sp³-hybridized carbons (Fsp3) is 0.276. The first-order valence-corrected chi connectivity index (χ1v) is 12.3. The first-order valence-electron chi connectivity index (χ1n) is 12.3. The zero-order valence-electron chi connectivity index (χ0n) is 21.0. The van der Waals surface area contributed by atoms with Gasteiger partial charge in [0.05, 0.1) is 6.54 Å². The number of aryl methyl sites for hydroxylation is 3. The molecule has 6 rings (SSSR count). The van der Waals surface area contributed by atoms with Crippen LogP contribution < -0.4 is 16.1 Å². The third-order valence-corrected chi connectivity index (χ3v) is 7.45. The molecule has 2 aromatic heterocycles. The van der Waals surface area contributed by atoms with Crippen molar-refractivity contribution >= 4 is 33.6 Å². The fourth-order valence-electron chi connectivity index (χ4n) is 5.36. The molecule has 0 saturated heterocycles. The summed E-state index contributed by atoms with van der Waals surface area (Å²) < 4.78 is 4.86. The molecule has 0 amide bonds. The second kappa shape index (κ2) is 8.22. The van der Waals surface area contributed by atoms with Crippen molar-refractivity contribution in [2.45, 2.75) is 33.9 Å². The minimum Gasteiger partial charge on any atom is -0.312 e. The van der Waals surface area contributed by atoms with Gasteiger partial charge in [-0.2, -0.15) is 4.98 Å². The summed E-state index contributed by atoms with van der Waals surface area (Å²) in [6.07, 6.45) is 0. The number of nitrogens with zero attached hydrogens (tertiary/aromatic N) is 5. The SMILES string of the molecule is Cc1ccc(N2C[C@H](C)Cn3c2nc2c3c(=O)n(Cc3cccc4ccccc34)c(=O)n2C)cc1C. The maximum atomic E-state index is 13.9. The van der Waals surface area contributed by atoms with Crippen molar-refractivity contribution in [1.29, 1.82) is 0 Å². The Balaban J connectivity index is 1.55. The highest BCUT2D eigenvalue weighted by Crippen LogP contribution is 2.33. The molecule has 0 aliphatic carbocycles. The Morgan fingerprint density at radius 2 is 1.72 bits per heavy atom. The van der Waals surface area contributed by atoms with Crippen molar-refractivity contribution in [2.24, 2.45) is 13.0 Å². The second-order valence-corrected chi connectivity index (χ2v) is 10.1. The van der Waals surface area contributed by atoms with E-state index in [1.165, 1.54) is 20.3 Å². The lowest BCUT2D eigenvalue weighted by Gasteiger charge is -2.33. The largest absolute Gasteiger partial charge is 0.332 e. The van der Waals surface area contributed by atoms with Crippen LogP contribution in [0.4, 0.5) is 11.6 Å². The molecule has 0 spiro atoms. The maximum absolute atomic E-state index is 13.9. The molecule has 5 aromatic rings. The predicted octanol–water partition coefficient (Wildman–Crippen LogP) is 4.50. The Morgan fingerprint density at radius 3 is 2.53 bits per heavy atom. The fourth-order valence-corrected chi connectivity index (χ4v) is 5.36. The molecular weight excluding hydrogens is 450 g/mol. The van der Waals surface area contributed by atoms with Crippen molar-refractivity contribution in [3.63, 3.8) is 0 Å². The predicted molar refractivity (Wildman–Crippen MR) is 144 cm³/mol. The number of hydrogen-bond donors (Lipinski definition) is 0. The van der Waals surface area contributed by atoms with E-state index in [0.717, 1.165) is 28.6 Å². The molecule has 182 valence electrons. The molecule has 3 aromatic carbocycles. The van der Waals surface area contributed by atoms with E-state index in [2.05, 4.69) is 43.9 Å². The van der Waals surface area contributed by atoms with Crippen LogP contribution in [0.25, 0.3) is 21.9 Å². The van der Waals surface area contributed by atoms with Gasteiger partial charge in [0.1, 0.15) is 0 Å². The van der Waals surface area contributed by atoms with Crippen LogP contribution in [-0.2, 0) is 20.1 Å². The maximum Gasteiger partial charge on any atom is 0.332 e. The summed E-state index contributed by atoms with van der Waals surface area (Å²) in [4.78, 5) is 34.3. The van der Waals surface area contributed by atoms with E-state index < -0.39 is 0 Å². The first-order chi connectivity index (χ1) is 17.3. The average Bonchev–Trinajstić information content (AvgIpc) is 3.26. The molecule has 0 radical (unpaired) electrons. The van der Waals surface area contributed by atoms with Crippen LogP contribution in [0.5, 0.6) is 0 Å². The summed E-state index contributed by atoms with van der Waals surface area (Å²) in [6.45, 7) is 8.06. The topological polar surface area (TPSA) is 65.1 Å². The molecule has 7 nitrogen and oxygen atoms in total. The van der Waals surface area contributed by atoms with E-state index in [0.29, 0.717) is 29.6 Å². The van der Waals surface area contributed by atoms with Crippen molar-refractivity contribution in [3.05, 3.63) is 98.2 Å². The van der Waals surface area contributed by atoms with Gasteiger partial charge in [-0.15, -0.1) is 0 Å². The van der Waals surface area contributed by atoms with Crippen molar-refractivity contribution in [1.82, 2.24) is 18.7 Å². The minimum atomic E-state index is -0.360. The summed E-state index contributed by atoms with van der Waals surface area (Å²) in [7, 11) is 1.70. The van der Waals surface area contributed by atoms with E-state index >= 15 is 0 Å².